The van der Waals surface area contributed by atoms with Gasteiger partial charge < -0.3 is 15.1 Å². The normalized spacial score (nSPS) is 14.9. The number of para-hydroxylation sites is 1. The Kier molecular flexibility index (Phi) is 6.03. The highest BCUT2D eigenvalue weighted by Crippen LogP contribution is 2.20. The highest BCUT2D eigenvalue weighted by molar-refractivity contribution is 6.33. The van der Waals surface area contributed by atoms with Gasteiger partial charge in [0.2, 0.25) is 0 Å². The molecule has 2 aromatic rings. The van der Waals surface area contributed by atoms with E-state index in [4.69, 9.17) is 11.6 Å². The van der Waals surface area contributed by atoms with E-state index in [9.17, 15) is 18.4 Å². The molecule has 3 rings (SSSR count). The van der Waals surface area contributed by atoms with Crippen molar-refractivity contribution in [2.45, 2.75) is 0 Å². The topological polar surface area (TPSA) is 53.9 Å². The maximum absolute atomic E-state index is 13.3. The zero-order valence-electron chi connectivity index (χ0n) is 14.5. The number of amides is 2. The second kappa shape index (κ2) is 8.45. The Morgan fingerprint density at radius 1 is 1.07 bits per heavy atom. The van der Waals surface area contributed by atoms with Gasteiger partial charge >= 0.3 is 0 Å². The van der Waals surface area contributed by atoms with Crippen LogP contribution in [0, 0.1) is 11.6 Å². The molecule has 27 heavy (non-hydrogen) atoms. The summed E-state index contributed by atoms with van der Waals surface area (Å²) in [7, 11) is 0. The summed E-state index contributed by atoms with van der Waals surface area (Å²) in [5, 5.41) is 3.25. The molecule has 2 N–H and O–H groups in total. The zero-order chi connectivity index (χ0) is 19.4. The molecule has 0 aromatic heterocycles. The van der Waals surface area contributed by atoms with Crippen molar-refractivity contribution in [1.29, 1.82) is 0 Å². The van der Waals surface area contributed by atoms with Crippen LogP contribution in [0.25, 0.3) is 0 Å². The number of quaternary nitrogens is 1. The molecule has 0 aliphatic carbocycles. The van der Waals surface area contributed by atoms with Crippen LogP contribution < -0.4 is 10.2 Å². The first-order chi connectivity index (χ1) is 12.9. The predicted octanol–water partition coefficient (Wildman–Crippen LogP) is 1.60. The van der Waals surface area contributed by atoms with E-state index < -0.39 is 17.5 Å². The van der Waals surface area contributed by atoms with Gasteiger partial charge in [0, 0.05) is 11.6 Å². The highest BCUT2D eigenvalue weighted by Gasteiger charge is 2.26. The lowest BCUT2D eigenvalue weighted by atomic mass is 10.1. The molecule has 1 saturated heterocycles. The number of piperazine rings is 1. The first-order valence-electron chi connectivity index (χ1n) is 8.55. The molecule has 0 saturated carbocycles. The van der Waals surface area contributed by atoms with Crippen LogP contribution in [-0.2, 0) is 4.79 Å². The van der Waals surface area contributed by atoms with E-state index >= 15 is 0 Å². The fourth-order valence-electron chi connectivity index (χ4n) is 3.05. The van der Waals surface area contributed by atoms with Crippen LogP contribution in [0.2, 0.25) is 5.02 Å². The molecule has 0 atom stereocenters. The number of nitrogens with zero attached hydrogens (tertiary/aromatic N) is 1. The lowest BCUT2D eigenvalue weighted by molar-refractivity contribution is -0.895. The average molecular weight is 395 g/mol. The number of halogens is 3. The van der Waals surface area contributed by atoms with E-state index in [1.807, 2.05) is 0 Å². The fourth-order valence-corrected chi connectivity index (χ4v) is 3.23. The maximum atomic E-state index is 13.3. The third-order valence-electron chi connectivity index (χ3n) is 4.43. The standard InChI is InChI=1S/C19H18ClF2N3O2/c20-16-3-1-2-4-17(16)23-18(26)12-24-5-7-25(8-6-24)19(27)13-9-14(21)11-15(22)10-13/h1-4,9-11H,5-8,12H2,(H,23,26)/p+1. The van der Waals surface area contributed by atoms with Crippen molar-refractivity contribution in [3.05, 3.63) is 64.7 Å². The minimum absolute atomic E-state index is 0.00703. The molecule has 1 aliphatic heterocycles. The molecule has 1 fully saturated rings. The van der Waals surface area contributed by atoms with E-state index in [1.165, 1.54) is 0 Å². The first-order valence-corrected chi connectivity index (χ1v) is 8.93. The number of carbonyl (C=O) groups excluding carboxylic acids is 2. The van der Waals surface area contributed by atoms with E-state index in [0.717, 1.165) is 23.1 Å². The first kappa shape index (κ1) is 19.3. The molecule has 0 radical (unpaired) electrons. The second-order valence-corrected chi connectivity index (χ2v) is 6.81. The molecular weight excluding hydrogens is 376 g/mol. The van der Waals surface area contributed by atoms with Gasteiger partial charge in [-0.15, -0.1) is 0 Å². The van der Waals surface area contributed by atoms with Gasteiger partial charge in [-0.2, -0.15) is 0 Å². The summed E-state index contributed by atoms with van der Waals surface area (Å²) in [4.78, 5) is 27.2. The van der Waals surface area contributed by atoms with Gasteiger partial charge in [-0.3, -0.25) is 9.59 Å². The number of benzene rings is 2. The number of hydrogen-bond donors (Lipinski definition) is 2. The Labute approximate surface area is 160 Å². The third-order valence-corrected chi connectivity index (χ3v) is 4.76. The molecule has 1 aliphatic rings. The molecule has 2 amide bonds. The highest BCUT2D eigenvalue weighted by atomic mass is 35.5. The van der Waals surface area contributed by atoms with Crippen molar-refractivity contribution in [2.24, 2.45) is 0 Å². The largest absolute Gasteiger partial charge is 0.327 e. The molecule has 0 bridgehead atoms. The monoisotopic (exact) mass is 394 g/mol. The number of rotatable bonds is 4. The Morgan fingerprint density at radius 2 is 1.70 bits per heavy atom. The smallest absolute Gasteiger partial charge is 0.279 e. The summed E-state index contributed by atoms with van der Waals surface area (Å²) in [6.45, 7) is 2.21. The SMILES string of the molecule is O=C(C[NH+]1CCN(C(=O)c2cc(F)cc(F)c2)CC1)Nc1ccccc1Cl. The van der Waals surface area contributed by atoms with E-state index in [-0.39, 0.29) is 18.0 Å². The molecule has 8 heteroatoms. The quantitative estimate of drug-likeness (QED) is 0.827. The number of carbonyl (C=O) groups is 2. The van der Waals surface area contributed by atoms with Gasteiger partial charge in [-0.1, -0.05) is 23.7 Å². The van der Waals surface area contributed by atoms with Crippen molar-refractivity contribution in [3.63, 3.8) is 0 Å². The Bertz CT molecular complexity index is 834. The van der Waals surface area contributed by atoms with Crippen LogP contribution in [0.3, 0.4) is 0 Å². The maximum Gasteiger partial charge on any atom is 0.279 e. The molecule has 2 aromatic carbocycles. The molecule has 0 unspecified atom stereocenters. The summed E-state index contributed by atoms with van der Waals surface area (Å²) in [5.41, 5.74) is 0.554. The summed E-state index contributed by atoms with van der Waals surface area (Å²) >= 11 is 6.03. The summed E-state index contributed by atoms with van der Waals surface area (Å²) < 4.78 is 26.6. The summed E-state index contributed by atoms with van der Waals surface area (Å²) in [6.07, 6.45) is 0. The van der Waals surface area contributed by atoms with E-state index in [1.54, 1.807) is 29.2 Å². The van der Waals surface area contributed by atoms with Gasteiger partial charge in [-0.05, 0) is 24.3 Å². The minimum atomic E-state index is -0.779. The van der Waals surface area contributed by atoms with Gasteiger partial charge in [0.25, 0.3) is 11.8 Å². The zero-order valence-corrected chi connectivity index (χ0v) is 15.2. The van der Waals surface area contributed by atoms with Gasteiger partial charge in [-0.25, -0.2) is 8.78 Å². The average Bonchev–Trinajstić information content (AvgIpc) is 2.63. The van der Waals surface area contributed by atoms with Crippen LogP contribution in [-0.4, -0.2) is 49.4 Å². The van der Waals surface area contributed by atoms with Crippen molar-refractivity contribution in [3.8, 4) is 0 Å². The van der Waals surface area contributed by atoms with Crippen LogP contribution in [0.4, 0.5) is 14.5 Å². The Balaban J connectivity index is 1.52. The van der Waals surface area contributed by atoms with Crippen molar-refractivity contribution >= 4 is 29.1 Å². The lowest BCUT2D eigenvalue weighted by Gasteiger charge is -2.32. The Morgan fingerprint density at radius 3 is 2.33 bits per heavy atom. The van der Waals surface area contributed by atoms with Crippen LogP contribution in [0.15, 0.2) is 42.5 Å². The van der Waals surface area contributed by atoms with Crippen molar-refractivity contribution < 1.29 is 23.3 Å². The minimum Gasteiger partial charge on any atom is -0.327 e. The van der Waals surface area contributed by atoms with E-state index in [2.05, 4.69) is 5.32 Å². The Hall–Kier alpha value is -2.51. The molecule has 142 valence electrons. The fraction of sp³-hybridized carbons (Fsp3) is 0.263. The molecule has 5 nitrogen and oxygen atoms in total. The van der Waals surface area contributed by atoms with Gasteiger partial charge in [0.15, 0.2) is 6.54 Å². The molecular formula is C19H19ClF2N3O2+. The van der Waals surface area contributed by atoms with Gasteiger partial charge in [0.1, 0.15) is 11.6 Å². The third kappa shape index (κ3) is 5.02. The van der Waals surface area contributed by atoms with Crippen LogP contribution >= 0.6 is 11.6 Å². The van der Waals surface area contributed by atoms with Crippen LogP contribution in [0.5, 0.6) is 0 Å². The molecule has 0 spiro atoms. The van der Waals surface area contributed by atoms with Gasteiger partial charge in [0.05, 0.1) is 36.9 Å². The van der Waals surface area contributed by atoms with Crippen molar-refractivity contribution in [1.82, 2.24) is 4.90 Å². The predicted molar refractivity (Wildman–Crippen MR) is 97.9 cm³/mol. The van der Waals surface area contributed by atoms with Crippen LogP contribution in [0.1, 0.15) is 10.4 Å². The number of anilines is 1. The lowest BCUT2D eigenvalue weighted by Crippen LogP contribution is -3.15. The summed E-state index contributed by atoms with van der Waals surface area (Å²) in [6, 6.07) is 9.78. The van der Waals surface area contributed by atoms with Crippen molar-refractivity contribution in [2.75, 3.05) is 38.0 Å². The molecule has 1 heterocycles. The van der Waals surface area contributed by atoms with E-state index in [0.29, 0.717) is 36.9 Å². The second-order valence-electron chi connectivity index (χ2n) is 6.41. The summed E-state index contributed by atoms with van der Waals surface area (Å²) in [5.74, 6) is -2.13. The number of hydrogen-bond acceptors (Lipinski definition) is 2. The number of nitrogens with one attached hydrogen (secondary N) is 2.